The Labute approximate surface area is 183 Å². The number of fused-ring (bicyclic) bond motifs is 1. The quantitative estimate of drug-likeness (QED) is 0.338. The summed E-state index contributed by atoms with van der Waals surface area (Å²) in [5.41, 5.74) is 2.94. The topological polar surface area (TPSA) is 46.1 Å². The summed E-state index contributed by atoms with van der Waals surface area (Å²) in [5, 5.41) is 3.98. The summed E-state index contributed by atoms with van der Waals surface area (Å²) in [6.45, 7) is 6.31. The monoisotopic (exact) mass is 441 g/mol. The largest absolute Gasteiger partial charge is 0.280 e. The van der Waals surface area contributed by atoms with E-state index >= 15 is 0 Å². The number of aryl methyl sites for hydroxylation is 3. The lowest BCUT2D eigenvalue weighted by Gasteiger charge is -2.18. The van der Waals surface area contributed by atoms with Crippen molar-refractivity contribution in [2.45, 2.75) is 43.3 Å². The number of aromatic nitrogens is 2. The van der Waals surface area contributed by atoms with Crippen LogP contribution in [0.3, 0.4) is 0 Å². The molecule has 1 aliphatic carbocycles. The Morgan fingerprint density at radius 1 is 1.24 bits per heavy atom. The molecular formula is C22H23N3OS3. The first-order valence-corrected chi connectivity index (χ1v) is 12.4. The summed E-state index contributed by atoms with van der Waals surface area (Å²) in [6, 6.07) is 7.83. The van der Waals surface area contributed by atoms with E-state index in [1.807, 2.05) is 31.2 Å². The lowest BCUT2D eigenvalue weighted by molar-refractivity contribution is 0.0989. The van der Waals surface area contributed by atoms with Gasteiger partial charge in [0, 0.05) is 33.0 Å². The highest BCUT2D eigenvalue weighted by molar-refractivity contribution is 7.98. The molecule has 3 aromatic rings. The van der Waals surface area contributed by atoms with Gasteiger partial charge in [0.05, 0.1) is 16.4 Å². The van der Waals surface area contributed by atoms with E-state index in [2.05, 4.69) is 16.9 Å². The molecule has 2 aromatic heterocycles. The predicted octanol–water partition coefficient (Wildman–Crippen LogP) is 5.91. The van der Waals surface area contributed by atoms with Crippen molar-refractivity contribution in [2.75, 3.05) is 11.4 Å². The standard InChI is InChI=1S/C22H23N3OS3/c1-3-12-25(22-24-19-6-4-5-7-20(19)29-22)21(26)16-8-10-18(11-9-16)28-14-17-13-27-15(2)23-17/h3,8-11,13H,1,4-7,12,14H2,2H3. The number of nitrogens with zero attached hydrogens (tertiary/aromatic N) is 3. The molecule has 4 nitrogen and oxygen atoms in total. The molecule has 0 saturated heterocycles. The van der Waals surface area contributed by atoms with Gasteiger partial charge < -0.3 is 0 Å². The maximum absolute atomic E-state index is 13.2. The number of hydrogen-bond donors (Lipinski definition) is 0. The highest BCUT2D eigenvalue weighted by atomic mass is 32.2. The first-order valence-electron chi connectivity index (χ1n) is 9.69. The fourth-order valence-electron chi connectivity index (χ4n) is 3.31. The molecule has 0 saturated carbocycles. The van der Waals surface area contributed by atoms with Crippen LogP contribution in [-0.4, -0.2) is 22.4 Å². The summed E-state index contributed by atoms with van der Waals surface area (Å²) in [6.07, 6.45) is 6.26. The number of amides is 1. The van der Waals surface area contributed by atoms with E-state index in [4.69, 9.17) is 4.98 Å². The molecule has 150 valence electrons. The van der Waals surface area contributed by atoms with Crippen molar-refractivity contribution in [1.29, 1.82) is 0 Å². The maximum Gasteiger partial charge on any atom is 0.260 e. The number of rotatable bonds is 7. The molecule has 1 amide bonds. The Bertz CT molecular complexity index is 983. The molecule has 0 spiro atoms. The molecule has 2 heterocycles. The fourth-order valence-corrected chi connectivity index (χ4v) is 5.98. The van der Waals surface area contributed by atoms with Gasteiger partial charge in [-0.2, -0.15) is 0 Å². The Morgan fingerprint density at radius 3 is 2.72 bits per heavy atom. The van der Waals surface area contributed by atoms with Gasteiger partial charge in [-0.3, -0.25) is 9.69 Å². The third-order valence-corrected chi connectivity index (χ3v) is 7.82. The summed E-state index contributed by atoms with van der Waals surface area (Å²) in [5.74, 6) is 0.813. The van der Waals surface area contributed by atoms with Crippen molar-refractivity contribution in [2.24, 2.45) is 0 Å². The number of hydrogen-bond acceptors (Lipinski definition) is 6. The van der Waals surface area contributed by atoms with Gasteiger partial charge in [-0.25, -0.2) is 9.97 Å². The number of thioether (sulfide) groups is 1. The van der Waals surface area contributed by atoms with E-state index in [9.17, 15) is 4.79 Å². The van der Waals surface area contributed by atoms with Crippen molar-refractivity contribution >= 4 is 45.5 Å². The third kappa shape index (κ3) is 4.79. The van der Waals surface area contributed by atoms with E-state index in [-0.39, 0.29) is 5.91 Å². The first kappa shape index (κ1) is 20.3. The average Bonchev–Trinajstić information content (AvgIpc) is 3.36. The van der Waals surface area contributed by atoms with E-state index in [1.54, 1.807) is 45.4 Å². The van der Waals surface area contributed by atoms with Gasteiger partial charge in [0.25, 0.3) is 5.91 Å². The number of anilines is 1. The lowest BCUT2D eigenvalue weighted by Crippen LogP contribution is -2.31. The van der Waals surface area contributed by atoms with Crippen molar-refractivity contribution in [1.82, 2.24) is 9.97 Å². The van der Waals surface area contributed by atoms with Gasteiger partial charge in [0.1, 0.15) is 0 Å². The highest BCUT2D eigenvalue weighted by Gasteiger charge is 2.23. The molecule has 0 unspecified atom stereocenters. The Kier molecular flexibility index (Phi) is 6.47. The van der Waals surface area contributed by atoms with Gasteiger partial charge in [-0.15, -0.1) is 41.0 Å². The molecule has 29 heavy (non-hydrogen) atoms. The summed E-state index contributed by atoms with van der Waals surface area (Å²) in [4.78, 5) is 26.6. The molecule has 0 aliphatic heterocycles. The molecule has 7 heteroatoms. The van der Waals surface area contributed by atoms with Crippen molar-refractivity contribution < 1.29 is 4.79 Å². The van der Waals surface area contributed by atoms with Crippen LogP contribution >= 0.6 is 34.4 Å². The van der Waals surface area contributed by atoms with Crippen LogP contribution in [0.25, 0.3) is 0 Å². The van der Waals surface area contributed by atoms with Crippen LogP contribution in [0.1, 0.15) is 44.5 Å². The number of carbonyl (C=O) groups excluding carboxylic acids is 1. The minimum atomic E-state index is -0.0253. The summed E-state index contributed by atoms with van der Waals surface area (Å²) in [7, 11) is 0. The van der Waals surface area contributed by atoms with E-state index in [0.717, 1.165) is 39.3 Å². The minimum absolute atomic E-state index is 0.0253. The van der Waals surface area contributed by atoms with Gasteiger partial charge in [-0.1, -0.05) is 6.08 Å². The minimum Gasteiger partial charge on any atom is -0.280 e. The molecule has 1 aromatic carbocycles. The molecule has 0 fully saturated rings. The average molecular weight is 442 g/mol. The number of carbonyl (C=O) groups is 1. The smallest absolute Gasteiger partial charge is 0.260 e. The zero-order valence-electron chi connectivity index (χ0n) is 16.4. The first-order chi connectivity index (χ1) is 14.1. The van der Waals surface area contributed by atoms with Gasteiger partial charge in [0.15, 0.2) is 5.13 Å². The molecule has 0 N–H and O–H groups in total. The molecule has 0 radical (unpaired) electrons. The van der Waals surface area contributed by atoms with Crippen LogP contribution < -0.4 is 4.90 Å². The summed E-state index contributed by atoms with van der Waals surface area (Å²) < 4.78 is 0. The third-order valence-electron chi connectivity index (χ3n) is 4.78. The molecule has 0 atom stereocenters. The SMILES string of the molecule is C=CCN(C(=O)c1ccc(SCc2csc(C)n2)cc1)c1nc2c(s1)CCCC2. The Hall–Kier alpha value is -1.96. The predicted molar refractivity (Wildman–Crippen MR) is 123 cm³/mol. The van der Waals surface area contributed by atoms with Crippen LogP contribution in [0.15, 0.2) is 47.2 Å². The highest BCUT2D eigenvalue weighted by Crippen LogP contribution is 2.32. The molecular weight excluding hydrogens is 418 g/mol. The van der Waals surface area contributed by atoms with Crippen LogP contribution in [0.4, 0.5) is 5.13 Å². The molecule has 0 bridgehead atoms. The summed E-state index contributed by atoms with van der Waals surface area (Å²) >= 11 is 5.06. The number of thiazole rings is 2. The fraction of sp³-hybridized carbons (Fsp3) is 0.318. The lowest BCUT2D eigenvalue weighted by atomic mass is 10.0. The van der Waals surface area contributed by atoms with Crippen molar-refractivity contribution in [3.8, 4) is 0 Å². The van der Waals surface area contributed by atoms with E-state index in [0.29, 0.717) is 12.1 Å². The zero-order valence-corrected chi connectivity index (χ0v) is 18.8. The Balaban J connectivity index is 1.47. The van der Waals surface area contributed by atoms with Crippen LogP contribution in [-0.2, 0) is 18.6 Å². The molecule has 1 aliphatic rings. The number of benzene rings is 1. The second-order valence-electron chi connectivity index (χ2n) is 6.95. The molecule has 4 rings (SSSR count). The van der Waals surface area contributed by atoms with Crippen LogP contribution in [0, 0.1) is 6.92 Å². The van der Waals surface area contributed by atoms with Crippen molar-refractivity contribution in [3.63, 3.8) is 0 Å². The Morgan fingerprint density at radius 2 is 2.03 bits per heavy atom. The zero-order chi connectivity index (χ0) is 20.2. The second-order valence-corrected chi connectivity index (χ2v) is 10.1. The van der Waals surface area contributed by atoms with Crippen LogP contribution in [0.5, 0.6) is 0 Å². The van der Waals surface area contributed by atoms with Crippen molar-refractivity contribution in [3.05, 3.63) is 69.1 Å². The van der Waals surface area contributed by atoms with Crippen LogP contribution in [0.2, 0.25) is 0 Å². The van der Waals surface area contributed by atoms with Gasteiger partial charge >= 0.3 is 0 Å². The van der Waals surface area contributed by atoms with E-state index < -0.39 is 0 Å². The normalized spacial score (nSPS) is 13.1. The van der Waals surface area contributed by atoms with E-state index in [1.165, 1.54) is 23.4 Å². The van der Waals surface area contributed by atoms with Gasteiger partial charge in [0.2, 0.25) is 0 Å². The maximum atomic E-state index is 13.2. The second kappa shape index (κ2) is 9.24. The van der Waals surface area contributed by atoms with Gasteiger partial charge in [-0.05, 0) is 56.9 Å².